The van der Waals surface area contributed by atoms with Crippen molar-refractivity contribution in [1.82, 2.24) is 0 Å². The van der Waals surface area contributed by atoms with Crippen LogP contribution in [-0.2, 0) is 0 Å². The highest BCUT2D eigenvalue weighted by atomic mass is 16.5. The van der Waals surface area contributed by atoms with Gasteiger partial charge in [0, 0.05) is 0 Å². The lowest BCUT2D eigenvalue weighted by Crippen LogP contribution is -2.19. The van der Waals surface area contributed by atoms with Crippen LogP contribution in [0.5, 0.6) is 5.75 Å². The van der Waals surface area contributed by atoms with E-state index in [9.17, 15) is 0 Å². The van der Waals surface area contributed by atoms with Crippen molar-refractivity contribution in [2.75, 3.05) is 0 Å². The van der Waals surface area contributed by atoms with Gasteiger partial charge in [-0.3, -0.25) is 0 Å². The molecule has 0 aliphatic heterocycles. The summed E-state index contributed by atoms with van der Waals surface area (Å²) in [6, 6.07) is 8.17. The van der Waals surface area contributed by atoms with E-state index in [0.29, 0.717) is 11.3 Å². The Labute approximate surface area is 110 Å². The molecule has 2 rings (SSSR count). The molecule has 0 saturated carbocycles. The van der Waals surface area contributed by atoms with E-state index in [1.807, 2.05) is 12.1 Å². The average Bonchev–Trinajstić information content (AvgIpc) is 2.32. The Morgan fingerprint density at radius 1 is 1.11 bits per heavy atom. The second kappa shape index (κ2) is 5.01. The maximum Gasteiger partial charge on any atom is 0.127 e. The smallest absolute Gasteiger partial charge is 0.127 e. The van der Waals surface area contributed by atoms with Gasteiger partial charge in [0.05, 0.1) is 0 Å². The SMILES string of the molecule is Cc1ccc(OC2=CCC(C(C)(C)C)C=C2)cc1. The molecule has 1 aromatic rings. The van der Waals surface area contributed by atoms with Gasteiger partial charge >= 0.3 is 0 Å². The molecule has 0 bridgehead atoms. The van der Waals surface area contributed by atoms with Gasteiger partial charge in [0.1, 0.15) is 11.5 Å². The van der Waals surface area contributed by atoms with Crippen LogP contribution in [0, 0.1) is 18.3 Å². The minimum absolute atomic E-state index is 0.322. The fourth-order valence-corrected chi connectivity index (χ4v) is 2.06. The van der Waals surface area contributed by atoms with Crippen LogP contribution in [0.15, 0.2) is 48.3 Å². The van der Waals surface area contributed by atoms with Crippen LogP contribution < -0.4 is 4.74 Å². The van der Waals surface area contributed by atoms with Gasteiger partial charge in [0.2, 0.25) is 0 Å². The van der Waals surface area contributed by atoms with Crippen LogP contribution in [0.2, 0.25) is 0 Å². The molecule has 0 N–H and O–H groups in total. The lowest BCUT2D eigenvalue weighted by molar-refractivity contribution is 0.288. The topological polar surface area (TPSA) is 9.23 Å². The highest BCUT2D eigenvalue weighted by Gasteiger charge is 2.23. The molecule has 0 spiro atoms. The van der Waals surface area contributed by atoms with Crippen molar-refractivity contribution < 1.29 is 4.74 Å². The first kappa shape index (κ1) is 12.9. The summed E-state index contributed by atoms with van der Waals surface area (Å²) < 4.78 is 5.85. The molecule has 1 aliphatic carbocycles. The highest BCUT2D eigenvalue weighted by Crippen LogP contribution is 2.33. The Hall–Kier alpha value is -1.50. The summed E-state index contributed by atoms with van der Waals surface area (Å²) >= 11 is 0. The molecular formula is C17H22O. The zero-order valence-corrected chi connectivity index (χ0v) is 11.7. The number of rotatable bonds is 2. The lowest BCUT2D eigenvalue weighted by atomic mass is 9.77. The van der Waals surface area contributed by atoms with Gasteiger partial charge in [-0.05, 0) is 49.0 Å². The van der Waals surface area contributed by atoms with E-state index in [1.54, 1.807) is 0 Å². The Morgan fingerprint density at radius 3 is 2.28 bits per heavy atom. The van der Waals surface area contributed by atoms with Crippen molar-refractivity contribution in [3.05, 3.63) is 53.8 Å². The molecule has 0 amide bonds. The van der Waals surface area contributed by atoms with Gasteiger partial charge in [-0.15, -0.1) is 0 Å². The van der Waals surface area contributed by atoms with Crippen molar-refractivity contribution in [2.45, 2.75) is 34.1 Å². The zero-order chi connectivity index (χ0) is 13.2. The first-order valence-corrected chi connectivity index (χ1v) is 6.58. The molecule has 96 valence electrons. The Bertz CT molecular complexity index is 457. The predicted molar refractivity (Wildman–Crippen MR) is 76.6 cm³/mol. The van der Waals surface area contributed by atoms with Gasteiger partial charge in [-0.1, -0.05) is 44.5 Å². The average molecular weight is 242 g/mol. The summed E-state index contributed by atoms with van der Waals surface area (Å²) in [6.45, 7) is 8.92. The summed E-state index contributed by atoms with van der Waals surface area (Å²) in [5.74, 6) is 2.47. The standard InChI is InChI=1S/C17H22O/c1-13-5-9-15(10-6-13)18-16-11-7-14(8-12-16)17(2,3)4/h5-7,9-12,14H,8H2,1-4H3. The number of hydrogen-bond acceptors (Lipinski definition) is 1. The molecule has 18 heavy (non-hydrogen) atoms. The third kappa shape index (κ3) is 3.25. The number of allylic oxidation sites excluding steroid dienone is 3. The molecule has 1 nitrogen and oxygen atoms in total. The molecule has 1 unspecified atom stereocenters. The van der Waals surface area contributed by atoms with Crippen LogP contribution in [0.25, 0.3) is 0 Å². The first-order valence-electron chi connectivity index (χ1n) is 6.58. The molecule has 1 atom stereocenters. The van der Waals surface area contributed by atoms with E-state index in [1.165, 1.54) is 5.56 Å². The fraction of sp³-hybridized carbons (Fsp3) is 0.412. The van der Waals surface area contributed by atoms with Crippen LogP contribution in [0.4, 0.5) is 0 Å². The van der Waals surface area contributed by atoms with Crippen molar-refractivity contribution in [1.29, 1.82) is 0 Å². The molecule has 1 aliphatic rings. The van der Waals surface area contributed by atoms with Gasteiger partial charge in [0.25, 0.3) is 0 Å². The normalized spacial score (nSPS) is 19.6. The van der Waals surface area contributed by atoms with E-state index in [0.717, 1.165) is 17.9 Å². The molecular weight excluding hydrogens is 220 g/mol. The molecule has 1 heteroatoms. The van der Waals surface area contributed by atoms with Crippen LogP contribution >= 0.6 is 0 Å². The Balaban J connectivity index is 1.99. The van der Waals surface area contributed by atoms with Crippen molar-refractivity contribution in [3.8, 4) is 5.75 Å². The highest BCUT2D eigenvalue weighted by molar-refractivity contribution is 5.31. The van der Waals surface area contributed by atoms with E-state index in [4.69, 9.17) is 4.74 Å². The summed E-state index contributed by atoms with van der Waals surface area (Å²) in [5, 5.41) is 0. The van der Waals surface area contributed by atoms with Crippen molar-refractivity contribution >= 4 is 0 Å². The number of hydrogen-bond donors (Lipinski definition) is 0. The monoisotopic (exact) mass is 242 g/mol. The third-order valence-electron chi connectivity index (χ3n) is 3.43. The van der Waals surface area contributed by atoms with Crippen LogP contribution in [0.1, 0.15) is 32.8 Å². The van der Waals surface area contributed by atoms with E-state index >= 15 is 0 Å². The van der Waals surface area contributed by atoms with Gasteiger partial charge in [-0.2, -0.15) is 0 Å². The molecule has 0 saturated heterocycles. The van der Waals surface area contributed by atoms with Crippen LogP contribution in [0.3, 0.4) is 0 Å². The van der Waals surface area contributed by atoms with Gasteiger partial charge < -0.3 is 4.74 Å². The fourth-order valence-electron chi connectivity index (χ4n) is 2.06. The van der Waals surface area contributed by atoms with E-state index in [2.05, 4.69) is 58.1 Å². The molecule has 0 fully saturated rings. The molecule has 0 heterocycles. The number of ether oxygens (including phenoxy) is 1. The van der Waals surface area contributed by atoms with Crippen molar-refractivity contribution in [2.24, 2.45) is 11.3 Å². The van der Waals surface area contributed by atoms with E-state index in [-0.39, 0.29) is 0 Å². The summed E-state index contributed by atoms with van der Waals surface area (Å²) in [6.07, 6.45) is 7.61. The summed E-state index contributed by atoms with van der Waals surface area (Å²) in [4.78, 5) is 0. The zero-order valence-electron chi connectivity index (χ0n) is 11.7. The largest absolute Gasteiger partial charge is 0.458 e. The Morgan fingerprint density at radius 2 is 1.78 bits per heavy atom. The minimum atomic E-state index is 0.322. The second-order valence-electron chi connectivity index (χ2n) is 6.09. The van der Waals surface area contributed by atoms with Crippen LogP contribution in [-0.4, -0.2) is 0 Å². The quantitative estimate of drug-likeness (QED) is 0.718. The number of aryl methyl sites for hydroxylation is 1. The lowest BCUT2D eigenvalue weighted by Gasteiger charge is -2.29. The second-order valence-corrected chi connectivity index (χ2v) is 6.09. The maximum absolute atomic E-state index is 5.85. The molecule has 1 aromatic carbocycles. The van der Waals surface area contributed by atoms with Gasteiger partial charge in [-0.25, -0.2) is 0 Å². The minimum Gasteiger partial charge on any atom is -0.458 e. The molecule has 0 radical (unpaired) electrons. The first-order chi connectivity index (χ1) is 8.45. The predicted octanol–water partition coefficient (Wildman–Crippen LogP) is 4.88. The number of benzene rings is 1. The van der Waals surface area contributed by atoms with E-state index < -0.39 is 0 Å². The third-order valence-corrected chi connectivity index (χ3v) is 3.43. The maximum atomic E-state index is 5.85. The summed E-state index contributed by atoms with van der Waals surface area (Å²) in [5.41, 5.74) is 1.57. The Kier molecular flexibility index (Phi) is 3.60. The summed E-state index contributed by atoms with van der Waals surface area (Å²) in [7, 11) is 0. The van der Waals surface area contributed by atoms with Gasteiger partial charge in [0.15, 0.2) is 0 Å². The molecule has 0 aromatic heterocycles. The van der Waals surface area contributed by atoms with Crippen molar-refractivity contribution in [3.63, 3.8) is 0 Å².